The molecule has 1 heterocycles. The van der Waals surface area contributed by atoms with Gasteiger partial charge < -0.3 is 9.47 Å². The SMILES string of the molecule is CCCCCCCCCCOc1nc(OCCCCCCCCCC)nc(OOC(C)(C)C)n1. The van der Waals surface area contributed by atoms with E-state index >= 15 is 0 Å². The Bertz CT molecular complexity index is 568. The lowest BCUT2D eigenvalue weighted by Crippen LogP contribution is -2.22. The van der Waals surface area contributed by atoms with Crippen LogP contribution in [0, 0.1) is 0 Å². The first-order valence-corrected chi connectivity index (χ1v) is 13.8. The summed E-state index contributed by atoms with van der Waals surface area (Å²) in [6.07, 6.45) is 19.9. The molecular formula is C27H51N3O4. The molecule has 1 aromatic rings. The lowest BCUT2D eigenvalue weighted by molar-refractivity contribution is -0.279. The molecule has 0 fully saturated rings. The van der Waals surface area contributed by atoms with Crippen LogP contribution in [0.1, 0.15) is 137 Å². The fourth-order valence-corrected chi connectivity index (χ4v) is 3.45. The molecule has 7 heteroatoms. The van der Waals surface area contributed by atoms with Crippen molar-refractivity contribution in [3.8, 4) is 18.0 Å². The molecule has 0 N–H and O–H groups in total. The third-order valence-electron chi connectivity index (χ3n) is 5.40. The summed E-state index contributed by atoms with van der Waals surface area (Å²) < 4.78 is 11.6. The van der Waals surface area contributed by atoms with E-state index in [0.29, 0.717) is 13.2 Å². The molecule has 1 aromatic heterocycles. The number of nitrogens with zero attached hydrogens (tertiary/aromatic N) is 3. The highest BCUT2D eigenvalue weighted by molar-refractivity contribution is 5.08. The fourth-order valence-electron chi connectivity index (χ4n) is 3.45. The maximum absolute atomic E-state index is 5.78. The van der Waals surface area contributed by atoms with Gasteiger partial charge >= 0.3 is 18.0 Å². The first-order valence-electron chi connectivity index (χ1n) is 13.8. The molecule has 0 aromatic carbocycles. The van der Waals surface area contributed by atoms with Crippen LogP contribution in [0.5, 0.6) is 18.0 Å². The van der Waals surface area contributed by atoms with Crippen molar-refractivity contribution in [1.29, 1.82) is 0 Å². The summed E-state index contributed by atoms with van der Waals surface area (Å²) in [4.78, 5) is 23.4. The molecule has 0 saturated heterocycles. The zero-order valence-electron chi connectivity index (χ0n) is 22.7. The van der Waals surface area contributed by atoms with Crippen LogP contribution in [0.3, 0.4) is 0 Å². The van der Waals surface area contributed by atoms with E-state index in [1.165, 1.54) is 77.0 Å². The molecule has 34 heavy (non-hydrogen) atoms. The average molecular weight is 482 g/mol. The molecule has 0 radical (unpaired) electrons. The molecule has 7 nitrogen and oxygen atoms in total. The molecule has 0 spiro atoms. The number of rotatable bonds is 22. The summed E-state index contributed by atoms with van der Waals surface area (Å²) in [5, 5.41) is 0. The number of hydrogen-bond donors (Lipinski definition) is 0. The average Bonchev–Trinajstić information content (AvgIpc) is 2.80. The van der Waals surface area contributed by atoms with E-state index in [-0.39, 0.29) is 18.0 Å². The van der Waals surface area contributed by atoms with E-state index < -0.39 is 5.60 Å². The number of unbranched alkanes of at least 4 members (excludes halogenated alkanes) is 14. The molecule has 0 bridgehead atoms. The maximum atomic E-state index is 5.78. The van der Waals surface area contributed by atoms with Crippen LogP contribution in [-0.4, -0.2) is 33.8 Å². The molecule has 198 valence electrons. The van der Waals surface area contributed by atoms with Crippen LogP contribution in [0.4, 0.5) is 0 Å². The van der Waals surface area contributed by atoms with E-state index in [4.69, 9.17) is 19.2 Å². The Kier molecular flexibility index (Phi) is 17.6. The third-order valence-corrected chi connectivity index (χ3v) is 5.40. The Balaban J connectivity index is 2.40. The van der Waals surface area contributed by atoms with Gasteiger partial charge in [0.05, 0.1) is 13.2 Å². The van der Waals surface area contributed by atoms with Crippen molar-refractivity contribution in [1.82, 2.24) is 15.0 Å². The van der Waals surface area contributed by atoms with Gasteiger partial charge in [-0.1, -0.05) is 104 Å². The number of ether oxygens (including phenoxy) is 2. The standard InChI is InChI=1S/C27H51N3O4/c1-6-8-10-12-14-16-18-20-22-31-24-28-25(30-26(29-24)33-34-27(3,4)5)32-23-21-19-17-15-13-11-9-7-2/h6-23H2,1-5H3. The normalized spacial score (nSPS) is 11.6. The van der Waals surface area contributed by atoms with Gasteiger partial charge in [0.15, 0.2) is 0 Å². The summed E-state index contributed by atoms with van der Waals surface area (Å²) >= 11 is 0. The highest BCUT2D eigenvalue weighted by atomic mass is 17.2. The van der Waals surface area contributed by atoms with Crippen LogP contribution < -0.4 is 14.4 Å². The molecule has 1 rings (SSSR count). The highest BCUT2D eigenvalue weighted by Gasteiger charge is 2.16. The van der Waals surface area contributed by atoms with E-state index in [9.17, 15) is 0 Å². The summed E-state index contributed by atoms with van der Waals surface area (Å²) in [6.45, 7) is 11.3. The smallest absolute Gasteiger partial charge is 0.362 e. The lowest BCUT2D eigenvalue weighted by atomic mass is 10.1. The second kappa shape index (κ2) is 19.7. The molecule has 0 aliphatic carbocycles. The zero-order chi connectivity index (χ0) is 24.9. The summed E-state index contributed by atoms with van der Waals surface area (Å²) in [5.74, 6) is 0. The van der Waals surface area contributed by atoms with Crippen molar-refractivity contribution in [2.45, 2.75) is 143 Å². The van der Waals surface area contributed by atoms with E-state index in [0.717, 1.165) is 25.7 Å². The molecule has 0 amide bonds. The Morgan fingerprint density at radius 1 is 0.500 bits per heavy atom. The van der Waals surface area contributed by atoms with Crippen LogP contribution >= 0.6 is 0 Å². The van der Waals surface area contributed by atoms with E-state index in [2.05, 4.69) is 28.8 Å². The number of hydrogen-bond acceptors (Lipinski definition) is 7. The van der Waals surface area contributed by atoms with Crippen LogP contribution in [-0.2, 0) is 4.89 Å². The number of aromatic nitrogens is 3. The van der Waals surface area contributed by atoms with Crippen molar-refractivity contribution in [2.24, 2.45) is 0 Å². The molecule has 0 atom stereocenters. The van der Waals surface area contributed by atoms with Gasteiger partial charge in [-0.15, -0.1) is 15.0 Å². The Morgan fingerprint density at radius 2 is 0.853 bits per heavy atom. The van der Waals surface area contributed by atoms with Gasteiger partial charge in [-0.2, -0.15) is 4.89 Å². The van der Waals surface area contributed by atoms with Gasteiger partial charge in [0, 0.05) is 0 Å². The first kappa shape index (κ1) is 30.4. The molecule has 0 aliphatic heterocycles. The van der Waals surface area contributed by atoms with Crippen LogP contribution in [0.2, 0.25) is 0 Å². The Labute approximate surface area is 208 Å². The summed E-state index contributed by atoms with van der Waals surface area (Å²) in [5.41, 5.74) is -0.483. The second-order valence-corrected chi connectivity index (χ2v) is 10.1. The van der Waals surface area contributed by atoms with Crippen molar-refractivity contribution in [2.75, 3.05) is 13.2 Å². The van der Waals surface area contributed by atoms with Gasteiger partial charge in [-0.05, 0) is 33.6 Å². The molecule has 0 aliphatic rings. The lowest BCUT2D eigenvalue weighted by Gasteiger charge is -2.16. The van der Waals surface area contributed by atoms with Crippen molar-refractivity contribution in [3.05, 3.63) is 0 Å². The minimum absolute atomic E-state index is 0.0572. The fraction of sp³-hybridized carbons (Fsp3) is 0.889. The van der Waals surface area contributed by atoms with Crippen LogP contribution in [0.15, 0.2) is 0 Å². The molecule has 0 unspecified atom stereocenters. The minimum Gasteiger partial charge on any atom is -0.463 e. The Morgan fingerprint density at radius 3 is 1.24 bits per heavy atom. The van der Waals surface area contributed by atoms with Crippen molar-refractivity contribution in [3.63, 3.8) is 0 Å². The quantitative estimate of drug-likeness (QED) is 0.0942. The first-order chi connectivity index (χ1) is 16.4. The highest BCUT2D eigenvalue weighted by Crippen LogP contribution is 2.18. The van der Waals surface area contributed by atoms with Gasteiger partial charge in [0.1, 0.15) is 5.60 Å². The van der Waals surface area contributed by atoms with E-state index in [1.54, 1.807) is 0 Å². The topological polar surface area (TPSA) is 75.6 Å². The third kappa shape index (κ3) is 17.8. The van der Waals surface area contributed by atoms with Gasteiger partial charge in [-0.3, -0.25) is 4.89 Å². The van der Waals surface area contributed by atoms with E-state index in [1.807, 2.05) is 20.8 Å². The molecule has 0 saturated carbocycles. The Hall–Kier alpha value is -1.63. The van der Waals surface area contributed by atoms with Gasteiger partial charge in [0.25, 0.3) is 0 Å². The largest absolute Gasteiger partial charge is 0.463 e. The monoisotopic (exact) mass is 481 g/mol. The van der Waals surface area contributed by atoms with Crippen molar-refractivity contribution < 1.29 is 19.2 Å². The minimum atomic E-state index is -0.483. The van der Waals surface area contributed by atoms with Crippen molar-refractivity contribution >= 4 is 0 Å². The zero-order valence-corrected chi connectivity index (χ0v) is 22.7. The van der Waals surface area contributed by atoms with Crippen LogP contribution in [0.25, 0.3) is 0 Å². The van der Waals surface area contributed by atoms with Gasteiger partial charge in [-0.25, -0.2) is 0 Å². The second-order valence-electron chi connectivity index (χ2n) is 10.1. The summed E-state index contributed by atoms with van der Waals surface area (Å²) in [6, 6.07) is 0.495. The van der Waals surface area contributed by atoms with Gasteiger partial charge in [0.2, 0.25) is 0 Å². The predicted octanol–water partition coefficient (Wildman–Crippen LogP) is 8.02. The predicted molar refractivity (Wildman–Crippen MR) is 138 cm³/mol. The molecular weight excluding hydrogens is 430 g/mol. The maximum Gasteiger partial charge on any atom is 0.362 e. The summed E-state index contributed by atoms with van der Waals surface area (Å²) in [7, 11) is 0.